The number of aliphatic hydroxyl groups is 2. The van der Waals surface area contributed by atoms with Crippen molar-refractivity contribution in [2.45, 2.75) is 180 Å². The maximum Gasteiger partial charge on any atom is 0.472 e. The number of phosphoric acid groups is 1. The number of carbonyl (C=O) groups is 1. The molecular weight excluding hydrogens is 607 g/mol. The van der Waals surface area contributed by atoms with E-state index in [1.165, 1.54) is 89.9 Å². The molecule has 0 rings (SSSR count). The van der Waals surface area contributed by atoms with Gasteiger partial charge in [0.1, 0.15) is 12.2 Å². The average molecular weight is 679 g/mol. The second kappa shape index (κ2) is 34.1. The first-order valence-electron chi connectivity index (χ1n) is 18.7. The van der Waals surface area contributed by atoms with Crippen LogP contribution < -0.4 is 0 Å². The van der Waals surface area contributed by atoms with Crippen LogP contribution in [0.3, 0.4) is 0 Å². The summed E-state index contributed by atoms with van der Waals surface area (Å²) >= 11 is 0. The number of phosphoric ester groups is 1. The van der Waals surface area contributed by atoms with Gasteiger partial charge in [-0.2, -0.15) is 0 Å². The van der Waals surface area contributed by atoms with E-state index in [1.54, 1.807) is 0 Å². The fourth-order valence-electron chi connectivity index (χ4n) is 5.06. The molecule has 3 N–H and O–H groups in total. The first-order valence-corrected chi connectivity index (χ1v) is 20.2. The fraction of sp³-hybridized carbons (Fsp3) is 0.917. The lowest BCUT2D eigenvalue weighted by molar-refractivity contribution is -0.154. The predicted octanol–water partition coefficient (Wildman–Crippen LogP) is 9.36. The van der Waals surface area contributed by atoms with E-state index in [0.717, 1.165) is 57.8 Å². The van der Waals surface area contributed by atoms with Gasteiger partial charge in [0.05, 0.1) is 26.4 Å². The summed E-state index contributed by atoms with van der Waals surface area (Å²) in [7, 11) is -4.50. The molecule has 10 heteroatoms. The first-order chi connectivity index (χ1) is 22.3. The SMILES string of the molecule is CCC/C=C\CCCCCCCC(=O)OC(COCCCCCCCCCCCCCCCCC)COP(=O)(O)OCC(O)CO. The average Bonchev–Trinajstić information content (AvgIpc) is 3.04. The molecule has 0 aromatic rings. The summed E-state index contributed by atoms with van der Waals surface area (Å²) in [6, 6.07) is 0. The van der Waals surface area contributed by atoms with Crippen molar-refractivity contribution in [3.05, 3.63) is 12.2 Å². The van der Waals surface area contributed by atoms with Gasteiger partial charge in [-0.25, -0.2) is 4.57 Å². The maximum absolute atomic E-state index is 12.5. The Bertz CT molecular complexity index is 734. The van der Waals surface area contributed by atoms with E-state index in [1.807, 2.05) is 0 Å². The van der Waals surface area contributed by atoms with E-state index in [2.05, 4.69) is 26.0 Å². The summed E-state index contributed by atoms with van der Waals surface area (Å²) in [6.45, 7) is 3.45. The van der Waals surface area contributed by atoms with Crippen LogP contribution in [-0.4, -0.2) is 66.3 Å². The number of esters is 1. The number of carbonyl (C=O) groups excluding carboxylic acids is 1. The molecule has 0 fully saturated rings. The Morgan fingerprint density at radius 1 is 0.652 bits per heavy atom. The van der Waals surface area contributed by atoms with Gasteiger partial charge in [-0.05, 0) is 32.1 Å². The molecule has 0 aromatic heterocycles. The molecule has 9 nitrogen and oxygen atoms in total. The summed E-state index contributed by atoms with van der Waals surface area (Å²) in [4.78, 5) is 22.4. The summed E-state index contributed by atoms with van der Waals surface area (Å²) in [5.41, 5.74) is 0. The van der Waals surface area contributed by atoms with Gasteiger partial charge in [0.15, 0.2) is 0 Å². The Morgan fingerprint density at radius 2 is 1.15 bits per heavy atom. The zero-order valence-corrected chi connectivity index (χ0v) is 30.4. The molecule has 274 valence electrons. The molecule has 0 aliphatic carbocycles. The second-order valence-electron chi connectivity index (χ2n) is 12.6. The van der Waals surface area contributed by atoms with Gasteiger partial charge in [0, 0.05) is 13.0 Å². The van der Waals surface area contributed by atoms with E-state index < -0.39 is 39.2 Å². The molecule has 0 saturated carbocycles. The highest BCUT2D eigenvalue weighted by Gasteiger charge is 2.26. The van der Waals surface area contributed by atoms with Crippen LogP contribution in [-0.2, 0) is 27.9 Å². The predicted molar refractivity (Wildman–Crippen MR) is 187 cm³/mol. The zero-order valence-electron chi connectivity index (χ0n) is 29.6. The molecule has 0 aliphatic rings. The molecule has 3 unspecified atom stereocenters. The highest BCUT2D eigenvalue weighted by molar-refractivity contribution is 7.47. The van der Waals surface area contributed by atoms with Gasteiger partial charge < -0.3 is 24.6 Å². The topological polar surface area (TPSA) is 132 Å². The highest BCUT2D eigenvalue weighted by atomic mass is 31.2. The van der Waals surface area contributed by atoms with E-state index in [0.29, 0.717) is 6.61 Å². The number of rotatable bonds is 36. The third kappa shape index (κ3) is 33.1. The summed E-state index contributed by atoms with van der Waals surface area (Å²) < 4.78 is 33.2. The molecule has 0 aromatic carbocycles. The minimum Gasteiger partial charge on any atom is -0.457 e. The largest absolute Gasteiger partial charge is 0.472 e. The Balaban J connectivity index is 4.19. The third-order valence-electron chi connectivity index (χ3n) is 7.93. The van der Waals surface area contributed by atoms with Crippen molar-refractivity contribution < 1.29 is 43.0 Å². The molecule has 0 aliphatic heterocycles. The second-order valence-corrected chi connectivity index (χ2v) is 14.1. The molecule has 0 radical (unpaired) electrons. The number of aliphatic hydroxyl groups excluding tert-OH is 2. The molecule has 0 bridgehead atoms. The monoisotopic (exact) mass is 678 g/mol. The first kappa shape index (κ1) is 45.2. The Kier molecular flexibility index (Phi) is 33.5. The minimum atomic E-state index is -4.50. The van der Waals surface area contributed by atoms with Gasteiger partial charge in [-0.1, -0.05) is 142 Å². The Hall–Kier alpha value is -0.800. The number of hydrogen-bond acceptors (Lipinski definition) is 8. The van der Waals surface area contributed by atoms with Crippen LogP contribution in [0, 0.1) is 0 Å². The van der Waals surface area contributed by atoms with Crippen LogP contribution in [0.15, 0.2) is 12.2 Å². The van der Waals surface area contributed by atoms with E-state index in [-0.39, 0.29) is 19.6 Å². The van der Waals surface area contributed by atoms with Gasteiger partial charge in [-0.15, -0.1) is 0 Å². The normalized spacial score (nSPS) is 14.5. The van der Waals surface area contributed by atoms with Crippen molar-refractivity contribution in [1.82, 2.24) is 0 Å². The minimum absolute atomic E-state index is 0.0508. The number of hydrogen-bond donors (Lipinski definition) is 3. The zero-order chi connectivity index (χ0) is 34.0. The standard InChI is InChI=1S/C36H71O9P/c1-3-5-7-9-11-13-15-16-17-18-19-21-23-25-27-29-42-32-35(33-44-46(40,41)43-31-34(38)30-37)45-36(39)28-26-24-22-20-14-12-10-8-6-4-2/h8,10,34-35,37-38H,3-7,9,11-33H2,1-2H3,(H,40,41)/b10-8-. The number of unbranched alkanes of at least 4 members (excludes halogenated alkanes) is 20. The van der Waals surface area contributed by atoms with Gasteiger partial charge in [0.25, 0.3) is 0 Å². The molecular formula is C36H71O9P. The summed E-state index contributed by atoms with van der Waals surface area (Å²) in [5, 5.41) is 18.2. The van der Waals surface area contributed by atoms with E-state index >= 15 is 0 Å². The van der Waals surface area contributed by atoms with Crippen LogP contribution in [0.1, 0.15) is 168 Å². The summed E-state index contributed by atoms with van der Waals surface area (Å²) in [5.74, 6) is -0.393. The van der Waals surface area contributed by atoms with Gasteiger partial charge >= 0.3 is 13.8 Å². The number of allylic oxidation sites excluding steroid dienone is 2. The quantitative estimate of drug-likeness (QED) is 0.0257. The van der Waals surface area contributed by atoms with Crippen molar-refractivity contribution in [2.75, 3.05) is 33.0 Å². The van der Waals surface area contributed by atoms with Crippen LogP contribution in [0.25, 0.3) is 0 Å². The lowest BCUT2D eigenvalue weighted by Crippen LogP contribution is -2.29. The number of ether oxygens (including phenoxy) is 2. The van der Waals surface area contributed by atoms with Crippen LogP contribution in [0.5, 0.6) is 0 Å². The lowest BCUT2D eigenvalue weighted by atomic mass is 10.0. The van der Waals surface area contributed by atoms with E-state index in [4.69, 9.17) is 23.6 Å². The van der Waals surface area contributed by atoms with Gasteiger partial charge in [-0.3, -0.25) is 13.8 Å². The van der Waals surface area contributed by atoms with Crippen molar-refractivity contribution >= 4 is 13.8 Å². The van der Waals surface area contributed by atoms with Crippen molar-refractivity contribution in [3.8, 4) is 0 Å². The van der Waals surface area contributed by atoms with Crippen LogP contribution >= 0.6 is 7.82 Å². The molecule has 0 saturated heterocycles. The fourth-order valence-corrected chi connectivity index (χ4v) is 5.85. The van der Waals surface area contributed by atoms with Crippen molar-refractivity contribution in [2.24, 2.45) is 0 Å². The molecule has 0 heterocycles. The molecule has 3 atom stereocenters. The van der Waals surface area contributed by atoms with E-state index in [9.17, 15) is 19.4 Å². The van der Waals surface area contributed by atoms with Crippen molar-refractivity contribution in [3.63, 3.8) is 0 Å². The molecule has 0 amide bonds. The maximum atomic E-state index is 12.5. The van der Waals surface area contributed by atoms with Crippen molar-refractivity contribution in [1.29, 1.82) is 0 Å². The lowest BCUT2D eigenvalue weighted by Gasteiger charge is -2.20. The smallest absolute Gasteiger partial charge is 0.457 e. The molecule has 46 heavy (non-hydrogen) atoms. The third-order valence-corrected chi connectivity index (χ3v) is 8.88. The van der Waals surface area contributed by atoms with Gasteiger partial charge in [0.2, 0.25) is 0 Å². The highest BCUT2D eigenvalue weighted by Crippen LogP contribution is 2.43. The van der Waals surface area contributed by atoms with Crippen LogP contribution in [0.2, 0.25) is 0 Å². The Labute approximate surface area is 281 Å². The van der Waals surface area contributed by atoms with Crippen LogP contribution in [0.4, 0.5) is 0 Å². The summed E-state index contributed by atoms with van der Waals surface area (Å²) in [6.07, 6.45) is 30.3. The molecule has 0 spiro atoms. The Morgan fingerprint density at radius 3 is 1.72 bits per heavy atom.